The number of hydrogen-bond donors (Lipinski definition) is 0. The number of nitrogens with zero attached hydrogens (tertiary/aromatic N) is 2. The number of morpholine rings is 1. The molecule has 0 unspecified atom stereocenters. The van der Waals surface area contributed by atoms with Crippen LogP contribution >= 0.6 is 0 Å². The molecule has 7 heteroatoms. The maximum atomic E-state index is 12.8. The lowest BCUT2D eigenvalue weighted by molar-refractivity contribution is -0.134. The van der Waals surface area contributed by atoms with E-state index in [-0.39, 0.29) is 18.4 Å². The maximum absolute atomic E-state index is 12.8. The summed E-state index contributed by atoms with van der Waals surface area (Å²) in [5.74, 6) is 1.23. The van der Waals surface area contributed by atoms with Gasteiger partial charge in [0.15, 0.2) is 6.61 Å². The van der Waals surface area contributed by atoms with E-state index in [1.165, 1.54) is 0 Å². The van der Waals surface area contributed by atoms with E-state index in [1.807, 2.05) is 42.5 Å². The number of hydrogen-bond acceptors (Lipinski definition) is 5. The molecule has 0 radical (unpaired) electrons. The SMILES string of the molecule is O=C(COc1ccccc1)N1CCOc2ccc(C(=O)N3CCOCC3)cc2C1. The van der Waals surface area contributed by atoms with E-state index in [9.17, 15) is 9.59 Å². The Balaban J connectivity index is 1.44. The van der Waals surface area contributed by atoms with Crippen molar-refractivity contribution in [2.24, 2.45) is 0 Å². The van der Waals surface area contributed by atoms with Crippen molar-refractivity contribution in [3.05, 3.63) is 59.7 Å². The van der Waals surface area contributed by atoms with Gasteiger partial charge in [-0.3, -0.25) is 9.59 Å². The Morgan fingerprint density at radius 2 is 1.69 bits per heavy atom. The molecule has 0 spiro atoms. The van der Waals surface area contributed by atoms with Gasteiger partial charge in [-0.25, -0.2) is 0 Å². The predicted octanol–water partition coefficient (Wildman–Crippen LogP) is 1.96. The fraction of sp³-hybridized carbons (Fsp3) is 0.364. The molecule has 0 atom stereocenters. The smallest absolute Gasteiger partial charge is 0.260 e. The monoisotopic (exact) mass is 396 g/mol. The molecule has 0 aliphatic carbocycles. The molecule has 0 N–H and O–H groups in total. The second kappa shape index (κ2) is 8.96. The van der Waals surface area contributed by atoms with Crippen LogP contribution in [-0.2, 0) is 16.1 Å². The molecule has 4 rings (SSSR count). The zero-order chi connectivity index (χ0) is 20.1. The lowest BCUT2D eigenvalue weighted by atomic mass is 10.1. The van der Waals surface area contributed by atoms with E-state index in [0.717, 1.165) is 5.56 Å². The summed E-state index contributed by atoms with van der Waals surface area (Å²) in [5.41, 5.74) is 1.43. The van der Waals surface area contributed by atoms with Crippen LogP contribution in [0.4, 0.5) is 0 Å². The molecule has 1 saturated heterocycles. The number of rotatable bonds is 4. The molecule has 2 aromatic carbocycles. The van der Waals surface area contributed by atoms with Crippen molar-refractivity contribution in [1.82, 2.24) is 9.80 Å². The number of amides is 2. The van der Waals surface area contributed by atoms with Crippen molar-refractivity contribution < 1.29 is 23.8 Å². The quantitative estimate of drug-likeness (QED) is 0.790. The van der Waals surface area contributed by atoms with E-state index in [4.69, 9.17) is 14.2 Å². The van der Waals surface area contributed by atoms with Gasteiger partial charge in [-0.05, 0) is 30.3 Å². The molecule has 152 valence electrons. The Kier molecular flexibility index (Phi) is 5.95. The summed E-state index contributed by atoms with van der Waals surface area (Å²) in [6.45, 7) is 3.52. The highest BCUT2D eigenvalue weighted by Crippen LogP contribution is 2.25. The van der Waals surface area contributed by atoms with Crippen LogP contribution in [0.25, 0.3) is 0 Å². The number of ether oxygens (including phenoxy) is 3. The summed E-state index contributed by atoms with van der Waals surface area (Å²) in [4.78, 5) is 28.9. The summed E-state index contributed by atoms with van der Waals surface area (Å²) in [7, 11) is 0. The first-order valence-electron chi connectivity index (χ1n) is 9.79. The molecule has 1 fully saturated rings. The summed E-state index contributed by atoms with van der Waals surface area (Å²) in [6.07, 6.45) is 0. The Morgan fingerprint density at radius 1 is 0.931 bits per heavy atom. The zero-order valence-corrected chi connectivity index (χ0v) is 16.2. The Labute approximate surface area is 169 Å². The van der Waals surface area contributed by atoms with E-state index < -0.39 is 0 Å². The van der Waals surface area contributed by atoms with Crippen molar-refractivity contribution in [2.75, 3.05) is 46.1 Å². The fourth-order valence-corrected chi connectivity index (χ4v) is 3.44. The van der Waals surface area contributed by atoms with Gasteiger partial charge in [0, 0.05) is 30.8 Å². The van der Waals surface area contributed by atoms with Gasteiger partial charge in [0.2, 0.25) is 0 Å². The number of carbonyl (C=O) groups is 2. The van der Waals surface area contributed by atoms with E-state index >= 15 is 0 Å². The third kappa shape index (κ3) is 4.68. The van der Waals surface area contributed by atoms with Gasteiger partial charge in [-0.2, -0.15) is 0 Å². The minimum atomic E-state index is -0.116. The van der Waals surface area contributed by atoms with Crippen molar-refractivity contribution >= 4 is 11.8 Å². The first kappa shape index (κ1) is 19.3. The molecule has 2 aromatic rings. The first-order valence-corrected chi connectivity index (χ1v) is 9.79. The lowest BCUT2D eigenvalue weighted by Gasteiger charge is -2.27. The van der Waals surface area contributed by atoms with Crippen LogP contribution in [0.15, 0.2) is 48.5 Å². The van der Waals surface area contributed by atoms with Crippen molar-refractivity contribution in [2.45, 2.75) is 6.54 Å². The zero-order valence-electron chi connectivity index (χ0n) is 16.2. The molecule has 7 nitrogen and oxygen atoms in total. The summed E-state index contributed by atoms with van der Waals surface area (Å²) in [5, 5.41) is 0. The van der Waals surface area contributed by atoms with E-state index in [0.29, 0.717) is 63.1 Å². The van der Waals surface area contributed by atoms with Gasteiger partial charge in [-0.15, -0.1) is 0 Å². The van der Waals surface area contributed by atoms with Crippen LogP contribution in [0.3, 0.4) is 0 Å². The van der Waals surface area contributed by atoms with Crippen LogP contribution in [0.2, 0.25) is 0 Å². The summed E-state index contributed by atoms with van der Waals surface area (Å²) in [6, 6.07) is 14.7. The molecule has 2 aliphatic rings. The Bertz CT molecular complexity index is 865. The molecule has 2 heterocycles. The van der Waals surface area contributed by atoms with Crippen LogP contribution in [0.1, 0.15) is 15.9 Å². The minimum absolute atomic E-state index is 0.0226. The number of benzene rings is 2. The Hall–Kier alpha value is -3.06. The van der Waals surface area contributed by atoms with Crippen molar-refractivity contribution in [1.29, 1.82) is 0 Å². The third-order valence-corrected chi connectivity index (χ3v) is 5.04. The van der Waals surface area contributed by atoms with Gasteiger partial charge in [0.05, 0.1) is 19.8 Å². The molecule has 0 bridgehead atoms. The van der Waals surface area contributed by atoms with Crippen molar-refractivity contribution in [3.8, 4) is 11.5 Å². The number of fused-ring (bicyclic) bond motifs is 1. The topological polar surface area (TPSA) is 68.3 Å². The Morgan fingerprint density at radius 3 is 2.48 bits per heavy atom. The molecular weight excluding hydrogens is 372 g/mol. The maximum Gasteiger partial charge on any atom is 0.260 e. The number of para-hydroxylation sites is 1. The molecule has 2 amide bonds. The molecule has 0 saturated carbocycles. The number of carbonyl (C=O) groups excluding carboxylic acids is 2. The third-order valence-electron chi connectivity index (χ3n) is 5.04. The fourth-order valence-electron chi connectivity index (χ4n) is 3.44. The van der Waals surface area contributed by atoms with Gasteiger partial charge < -0.3 is 24.0 Å². The lowest BCUT2D eigenvalue weighted by Crippen LogP contribution is -2.40. The largest absolute Gasteiger partial charge is 0.491 e. The average molecular weight is 396 g/mol. The predicted molar refractivity (Wildman–Crippen MR) is 106 cm³/mol. The molecule has 29 heavy (non-hydrogen) atoms. The molecule has 2 aliphatic heterocycles. The average Bonchev–Trinajstić information content (AvgIpc) is 3.00. The first-order chi connectivity index (χ1) is 14.2. The van der Waals surface area contributed by atoms with Gasteiger partial charge in [0.1, 0.15) is 18.1 Å². The molecular formula is C22H24N2O5. The summed E-state index contributed by atoms with van der Waals surface area (Å²) < 4.78 is 16.7. The highest BCUT2D eigenvalue weighted by Gasteiger charge is 2.23. The van der Waals surface area contributed by atoms with Crippen LogP contribution in [-0.4, -0.2) is 67.7 Å². The highest BCUT2D eigenvalue weighted by molar-refractivity contribution is 5.94. The van der Waals surface area contributed by atoms with Crippen LogP contribution < -0.4 is 9.47 Å². The van der Waals surface area contributed by atoms with Gasteiger partial charge in [-0.1, -0.05) is 18.2 Å². The van der Waals surface area contributed by atoms with Crippen LogP contribution in [0.5, 0.6) is 11.5 Å². The molecule has 0 aromatic heterocycles. The normalized spacial score (nSPS) is 16.4. The van der Waals surface area contributed by atoms with Gasteiger partial charge in [0.25, 0.3) is 11.8 Å². The second-order valence-corrected chi connectivity index (χ2v) is 6.99. The minimum Gasteiger partial charge on any atom is -0.491 e. The second-order valence-electron chi connectivity index (χ2n) is 6.99. The van der Waals surface area contributed by atoms with E-state index in [1.54, 1.807) is 15.9 Å². The standard InChI is InChI=1S/C22H24N2O5/c25-21(16-29-19-4-2-1-3-5-19)24-10-13-28-20-7-6-17(14-18(20)15-24)22(26)23-8-11-27-12-9-23/h1-7,14H,8-13,15-16H2. The van der Waals surface area contributed by atoms with Crippen molar-refractivity contribution in [3.63, 3.8) is 0 Å². The van der Waals surface area contributed by atoms with E-state index in [2.05, 4.69) is 0 Å². The van der Waals surface area contributed by atoms with Gasteiger partial charge >= 0.3 is 0 Å². The van der Waals surface area contributed by atoms with Crippen LogP contribution in [0, 0.1) is 0 Å². The highest BCUT2D eigenvalue weighted by atomic mass is 16.5. The summed E-state index contributed by atoms with van der Waals surface area (Å²) >= 11 is 0.